The Labute approximate surface area is 85.4 Å². The van der Waals surface area contributed by atoms with E-state index in [9.17, 15) is 18.0 Å². The summed E-state index contributed by atoms with van der Waals surface area (Å²) in [7, 11) is 0. The fourth-order valence-corrected chi connectivity index (χ4v) is 1.14. The second kappa shape index (κ2) is 4.69. The van der Waals surface area contributed by atoms with Gasteiger partial charge in [0.1, 0.15) is 0 Å². The first kappa shape index (κ1) is 12.1. The molecular weight excluding hydrogens is 213 g/mol. The number of nitrogens with one attached hydrogen (secondary N) is 1. The summed E-state index contributed by atoms with van der Waals surface area (Å²) in [6, 6.07) is 0. The third-order valence-electron chi connectivity index (χ3n) is 2.11. The first-order valence-electron chi connectivity index (χ1n) is 4.64. The van der Waals surface area contributed by atoms with E-state index in [4.69, 9.17) is 0 Å². The zero-order chi connectivity index (χ0) is 11.5. The van der Waals surface area contributed by atoms with Crippen LogP contribution in [-0.2, 0) is 4.74 Å². The number of carbonyl (C=O) groups is 1. The van der Waals surface area contributed by atoms with Crippen LogP contribution in [0.3, 0.4) is 0 Å². The molecule has 0 bridgehead atoms. The van der Waals surface area contributed by atoms with Crippen LogP contribution in [0.2, 0.25) is 0 Å². The Bertz CT molecular complexity index is 226. The molecule has 1 unspecified atom stereocenters. The van der Waals surface area contributed by atoms with Gasteiger partial charge in [-0.05, 0) is 6.92 Å². The van der Waals surface area contributed by atoms with E-state index in [1.54, 1.807) is 0 Å². The van der Waals surface area contributed by atoms with Gasteiger partial charge in [-0.25, -0.2) is 4.79 Å². The van der Waals surface area contributed by atoms with Crippen molar-refractivity contribution < 1.29 is 22.7 Å². The summed E-state index contributed by atoms with van der Waals surface area (Å²) in [6.45, 7) is 2.73. The molecule has 4 nitrogen and oxygen atoms in total. The highest BCUT2D eigenvalue weighted by atomic mass is 19.4. The molecule has 1 N–H and O–H groups in total. The average Bonchev–Trinajstić information content (AvgIpc) is 2.17. The minimum absolute atomic E-state index is 0.378. The fraction of sp³-hybridized carbons (Fsp3) is 0.875. The number of hydrogen-bond donors (Lipinski definition) is 1. The summed E-state index contributed by atoms with van der Waals surface area (Å²) < 4.78 is 40.5. The van der Waals surface area contributed by atoms with Gasteiger partial charge in [0, 0.05) is 26.2 Å². The van der Waals surface area contributed by atoms with Crippen LogP contribution in [0, 0.1) is 0 Å². The molecule has 88 valence electrons. The number of alkyl halides is 3. The lowest BCUT2D eigenvalue weighted by Gasteiger charge is -2.28. The van der Waals surface area contributed by atoms with Crippen LogP contribution >= 0.6 is 0 Å². The van der Waals surface area contributed by atoms with Crippen molar-refractivity contribution in [3.63, 3.8) is 0 Å². The maximum atomic E-state index is 12.1. The molecule has 0 aromatic heterocycles. The maximum Gasteiger partial charge on any atom is 0.425 e. The highest BCUT2D eigenvalue weighted by Crippen LogP contribution is 2.22. The fourth-order valence-electron chi connectivity index (χ4n) is 1.14. The van der Waals surface area contributed by atoms with Crippen molar-refractivity contribution in [2.45, 2.75) is 19.2 Å². The monoisotopic (exact) mass is 226 g/mol. The topological polar surface area (TPSA) is 41.6 Å². The quantitative estimate of drug-likeness (QED) is 0.724. The predicted octanol–water partition coefficient (Wildman–Crippen LogP) is 0.979. The average molecular weight is 226 g/mol. The molecule has 0 aromatic rings. The second-order valence-electron chi connectivity index (χ2n) is 3.30. The molecule has 0 aliphatic carbocycles. The van der Waals surface area contributed by atoms with Gasteiger partial charge in [0.2, 0.25) is 0 Å². The SMILES string of the molecule is CC(OC(=O)N1CCNCC1)C(F)(F)F. The minimum Gasteiger partial charge on any atom is -0.437 e. The van der Waals surface area contributed by atoms with Gasteiger partial charge in [0.15, 0.2) is 6.10 Å². The summed E-state index contributed by atoms with van der Waals surface area (Å²) in [5, 5.41) is 2.98. The van der Waals surface area contributed by atoms with Crippen molar-refractivity contribution in [3.8, 4) is 0 Å². The molecule has 0 saturated carbocycles. The van der Waals surface area contributed by atoms with Crippen molar-refractivity contribution in [2.24, 2.45) is 0 Å². The largest absolute Gasteiger partial charge is 0.437 e. The number of rotatable bonds is 1. The maximum absolute atomic E-state index is 12.1. The van der Waals surface area contributed by atoms with E-state index in [0.29, 0.717) is 26.2 Å². The van der Waals surface area contributed by atoms with Gasteiger partial charge in [0.25, 0.3) is 0 Å². The van der Waals surface area contributed by atoms with Crippen LogP contribution in [-0.4, -0.2) is 49.5 Å². The lowest BCUT2D eigenvalue weighted by Crippen LogP contribution is -2.48. The Morgan fingerprint density at radius 3 is 2.40 bits per heavy atom. The van der Waals surface area contributed by atoms with Gasteiger partial charge < -0.3 is 15.0 Å². The van der Waals surface area contributed by atoms with E-state index in [-0.39, 0.29) is 0 Å². The third kappa shape index (κ3) is 3.58. The summed E-state index contributed by atoms with van der Waals surface area (Å²) in [5.74, 6) is 0. The van der Waals surface area contributed by atoms with Crippen molar-refractivity contribution in [1.29, 1.82) is 0 Å². The van der Waals surface area contributed by atoms with Gasteiger partial charge in [-0.1, -0.05) is 0 Å². The number of hydrogen-bond acceptors (Lipinski definition) is 3. The summed E-state index contributed by atoms with van der Waals surface area (Å²) in [4.78, 5) is 12.5. The van der Waals surface area contributed by atoms with Gasteiger partial charge in [-0.15, -0.1) is 0 Å². The summed E-state index contributed by atoms with van der Waals surface area (Å²) >= 11 is 0. The molecule has 1 amide bonds. The molecule has 1 aliphatic rings. The number of halogens is 3. The van der Waals surface area contributed by atoms with Gasteiger partial charge in [0.05, 0.1) is 0 Å². The lowest BCUT2D eigenvalue weighted by atomic mass is 10.4. The Hall–Kier alpha value is -0.980. The highest BCUT2D eigenvalue weighted by molar-refractivity contribution is 5.68. The first-order valence-corrected chi connectivity index (χ1v) is 4.64. The van der Waals surface area contributed by atoms with Crippen LogP contribution in [0.1, 0.15) is 6.92 Å². The van der Waals surface area contributed by atoms with E-state index in [0.717, 1.165) is 6.92 Å². The minimum atomic E-state index is -4.50. The Kier molecular flexibility index (Phi) is 3.78. The first-order chi connectivity index (χ1) is 6.91. The third-order valence-corrected chi connectivity index (χ3v) is 2.11. The molecule has 7 heteroatoms. The number of amides is 1. The van der Waals surface area contributed by atoms with E-state index in [2.05, 4.69) is 10.1 Å². The van der Waals surface area contributed by atoms with Crippen molar-refractivity contribution in [2.75, 3.05) is 26.2 Å². The normalized spacial score (nSPS) is 19.9. The van der Waals surface area contributed by atoms with Crippen molar-refractivity contribution >= 4 is 6.09 Å². The molecule has 0 aromatic carbocycles. The Balaban J connectivity index is 2.40. The van der Waals surface area contributed by atoms with E-state index in [1.165, 1.54) is 4.90 Å². The van der Waals surface area contributed by atoms with Crippen LogP contribution < -0.4 is 5.32 Å². The number of piperazine rings is 1. The smallest absolute Gasteiger partial charge is 0.425 e. The zero-order valence-electron chi connectivity index (χ0n) is 8.30. The number of nitrogens with zero attached hydrogens (tertiary/aromatic N) is 1. The van der Waals surface area contributed by atoms with E-state index >= 15 is 0 Å². The molecule has 1 atom stereocenters. The lowest BCUT2D eigenvalue weighted by molar-refractivity contribution is -0.199. The van der Waals surface area contributed by atoms with Gasteiger partial charge in [-0.3, -0.25) is 0 Å². The van der Waals surface area contributed by atoms with Crippen molar-refractivity contribution in [3.05, 3.63) is 0 Å². The van der Waals surface area contributed by atoms with Gasteiger partial charge >= 0.3 is 12.3 Å². The molecule has 15 heavy (non-hydrogen) atoms. The molecule has 1 saturated heterocycles. The van der Waals surface area contributed by atoms with E-state index in [1.807, 2.05) is 0 Å². The molecule has 1 heterocycles. The Morgan fingerprint density at radius 1 is 1.40 bits per heavy atom. The summed E-state index contributed by atoms with van der Waals surface area (Å²) in [5.41, 5.74) is 0. The standard InChI is InChI=1S/C8H13F3N2O2/c1-6(8(9,10)11)15-7(14)13-4-2-12-3-5-13/h6,12H,2-5H2,1H3. The van der Waals surface area contributed by atoms with Crippen LogP contribution in [0.5, 0.6) is 0 Å². The van der Waals surface area contributed by atoms with Crippen LogP contribution in [0.4, 0.5) is 18.0 Å². The predicted molar refractivity (Wildman–Crippen MR) is 46.4 cm³/mol. The molecule has 0 radical (unpaired) electrons. The second-order valence-corrected chi connectivity index (χ2v) is 3.30. The Morgan fingerprint density at radius 2 is 1.93 bits per heavy atom. The molecular formula is C8H13F3N2O2. The molecule has 0 spiro atoms. The highest BCUT2D eigenvalue weighted by Gasteiger charge is 2.40. The number of ether oxygens (including phenoxy) is 1. The van der Waals surface area contributed by atoms with E-state index < -0.39 is 18.4 Å². The molecule has 1 rings (SSSR count). The number of carbonyl (C=O) groups excluding carboxylic acids is 1. The molecule has 1 aliphatic heterocycles. The van der Waals surface area contributed by atoms with Crippen LogP contribution in [0.15, 0.2) is 0 Å². The summed E-state index contributed by atoms with van der Waals surface area (Å²) in [6.07, 6.45) is -7.45. The molecule has 1 fully saturated rings. The van der Waals surface area contributed by atoms with Gasteiger partial charge in [-0.2, -0.15) is 13.2 Å². The van der Waals surface area contributed by atoms with Crippen LogP contribution in [0.25, 0.3) is 0 Å². The van der Waals surface area contributed by atoms with Crippen molar-refractivity contribution in [1.82, 2.24) is 10.2 Å². The zero-order valence-corrected chi connectivity index (χ0v) is 8.30.